The van der Waals surface area contributed by atoms with E-state index in [1.165, 1.54) is 7.11 Å². The Morgan fingerprint density at radius 3 is 2.33 bits per heavy atom. The van der Waals surface area contributed by atoms with E-state index in [0.717, 1.165) is 11.8 Å². The van der Waals surface area contributed by atoms with E-state index >= 15 is 0 Å². The van der Waals surface area contributed by atoms with E-state index in [1.54, 1.807) is 12.4 Å². The van der Waals surface area contributed by atoms with E-state index in [1.807, 2.05) is 6.92 Å². The molecule has 0 spiro atoms. The van der Waals surface area contributed by atoms with Crippen molar-refractivity contribution in [2.24, 2.45) is 0 Å². The summed E-state index contributed by atoms with van der Waals surface area (Å²) in [6.07, 6.45) is 3.83. The summed E-state index contributed by atoms with van der Waals surface area (Å²) < 4.78 is 27.3. The van der Waals surface area contributed by atoms with Gasteiger partial charge in [-0.05, 0) is 12.5 Å². The van der Waals surface area contributed by atoms with Crippen molar-refractivity contribution in [2.45, 2.75) is 13.0 Å². The highest BCUT2D eigenvalue weighted by Crippen LogP contribution is 2.13. The molecule has 0 saturated carbocycles. The second-order valence-electron chi connectivity index (χ2n) is 3.44. The Labute approximate surface area is 89.4 Å². The van der Waals surface area contributed by atoms with Crippen molar-refractivity contribution in [2.75, 3.05) is 19.1 Å². The first-order valence-electron chi connectivity index (χ1n) is 4.41. The third-order valence-electron chi connectivity index (χ3n) is 1.83. The molecular weight excluding hydrogens is 216 g/mol. The van der Waals surface area contributed by atoms with Crippen LogP contribution in [0.2, 0.25) is 0 Å². The van der Waals surface area contributed by atoms with Crippen molar-refractivity contribution in [1.82, 2.24) is 9.97 Å². The van der Waals surface area contributed by atoms with Crippen LogP contribution in [0.1, 0.15) is 17.5 Å². The molecule has 1 aromatic heterocycles. The molecule has 6 heteroatoms. The summed E-state index contributed by atoms with van der Waals surface area (Å²) in [7, 11) is -1.66. The maximum atomic E-state index is 11.1. The van der Waals surface area contributed by atoms with Crippen molar-refractivity contribution in [1.29, 1.82) is 0 Å². The maximum Gasteiger partial charge on any atom is 0.158 e. The van der Waals surface area contributed by atoms with Crippen LogP contribution in [0.4, 0.5) is 0 Å². The molecule has 0 amide bonds. The molecule has 15 heavy (non-hydrogen) atoms. The Kier molecular flexibility index (Phi) is 3.76. The standard InChI is InChI=1S/C9H14N2O3S/c1-7-4-10-9(11-5-7)8(14-2)6-15(3,12)13/h4-5,8H,6H2,1-3H3/t8-/m1/s1. The number of aryl methyl sites for hydroxylation is 1. The zero-order chi connectivity index (χ0) is 11.5. The van der Waals surface area contributed by atoms with Crippen molar-refractivity contribution < 1.29 is 13.2 Å². The van der Waals surface area contributed by atoms with Gasteiger partial charge in [0.05, 0.1) is 5.75 Å². The average Bonchev–Trinajstić information content (AvgIpc) is 2.14. The summed E-state index contributed by atoms with van der Waals surface area (Å²) >= 11 is 0. The number of hydrogen-bond acceptors (Lipinski definition) is 5. The highest BCUT2D eigenvalue weighted by molar-refractivity contribution is 7.90. The van der Waals surface area contributed by atoms with Crippen LogP contribution >= 0.6 is 0 Å². The smallest absolute Gasteiger partial charge is 0.158 e. The Hall–Kier alpha value is -1.01. The predicted octanol–water partition coefficient (Wildman–Crippen LogP) is 0.517. The number of nitrogens with zero attached hydrogens (tertiary/aromatic N) is 2. The van der Waals surface area contributed by atoms with E-state index in [4.69, 9.17) is 4.74 Å². The quantitative estimate of drug-likeness (QED) is 0.754. The lowest BCUT2D eigenvalue weighted by Gasteiger charge is -2.12. The molecular formula is C9H14N2O3S. The number of sulfone groups is 1. The largest absolute Gasteiger partial charge is 0.372 e. The number of aromatic nitrogens is 2. The van der Waals surface area contributed by atoms with E-state index < -0.39 is 15.9 Å². The van der Waals surface area contributed by atoms with Crippen LogP contribution in [0, 0.1) is 6.92 Å². The van der Waals surface area contributed by atoms with E-state index in [0.29, 0.717) is 5.82 Å². The fourth-order valence-electron chi connectivity index (χ4n) is 1.09. The second-order valence-corrected chi connectivity index (χ2v) is 5.62. The molecule has 1 atom stereocenters. The molecule has 0 fully saturated rings. The summed E-state index contributed by atoms with van der Waals surface area (Å²) in [5.74, 6) is 0.292. The summed E-state index contributed by atoms with van der Waals surface area (Å²) in [6, 6.07) is 0. The zero-order valence-electron chi connectivity index (χ0n) is 8.97. The molecule has 5 nitrogen and oxygen atoms in total. The van der Waals surface area contributed by atoms with E-state index in [9.17, 15) is 8.42 Å². The van der Waals surface area contributed by atoms with Crippen molar-refractivity contribution in [3.63, 3.8) is 0 Å². The van der Waals surface area contributed by atoms with Crippen LogP contribution in [0.5, 0.6) is 0 Å². The van der Waals surface area contributed by atoms with E-state index in [2.05, 4.69) is 9.97 Å². The van der Waals surface area contributed by atoms with Gasteiger partial charge in [0.15, 0.2) is 5.82 Å². The van der Waals surface area contributed by atoms with E-state index in [-0.39, 0.29) is 5.75 Å². The zero-order valence-corrected chi connectivity index (χ0v) is 9.78. The van der Waals surface area contributed by atoms with Gasteiger partial charge >= 0.3 is 0 Å². The third kappa shape index (κ3) is 3.93. The molecule has 0 N–H and O–H groups in total. The Morgan fingerprint density at radius 2 is 1.93 bits per heavy atom. The molecule has 0 aliphatic carbocycles. The Bertz CT molecular complexity index is 413. The summed E-state index contributed by atoms with van der Waals surface area (Å²) in [5.41, 5.74) is 0.924. The Morgan fingerprint density at radius 1 is 1.40 bits per heavy atom. The molecule has 1 heterocycles. The van der Waals surface area contributed by atoms with Crippen molar-refractivity contribution in [3.05, 3.63) is 23.8 Å². The number of hydrogen-bond donors (Lipinski definition) is 0. The van der Waals surface area contributed by atoms with Gasteiger partial charge in [-0.1, -0.05) is 0 Å². The SMILES string of the molecule is CO[C@H](CS(C)(=O)=O)c1ncc(C)cn1. The number of ether oxygens (including phenoxy) is 1. The molecule has 0 radical (unpaired) electrons. The topological polar surface area (TPSA) is 69.2 Å². The number of methoxy groups -OCH3 is 1. The van der Waals surface area contributed by atoms with Crippen LogP contribution in [0.25, 0.3) is 0 Å². The molecule has 84 valence electrons. The van der Waals surface area contributed by atoms with Gasteiger partial charge < -0.3 is 4.74 Å². The molecule has 0 aromatic carbocycles. The first-order valence-corrected chi connectivity index (χ1v) is 6.47. The van der Waals surface area contributed by atoms with Crippen LogP contribution < -0.4 is 0 Å². The first kappa shape index (κ1) is 12.1. The van der Waals surface area contributed by atoms with Gasteiger partial charge in [0.25, 0.3) is 0 Å². The highest BCUT2D eigenvalue weighted by atomic mass is 32.2. The van der Waals surface area contributed by atoms with Crippen LogP contribution in [-0.4, -0.2) is 37.5 Å². The minimum absolute atomic E-state index is 0.105. The number of rotatable bonds is 4. The molecule has 0 bridgehead atoms. The van der Waals surface area contributed by atoms with Crippen LogP contribution in [0.3, 0.4) is 0 Å². The minimum atomic E-state index is -3.10. The van der Waals surface area contributed by atoms with Gasteiger partial charge in [-0.15, -0.1) is 0 Å². The minimum Gasteiger partial charge on any atom is -0.372 e. The lowest BCUT2D eigenvalue weighted by molar-refractivity contribution is 0.114. The average molecular weight is 230 g/mol. The maximum absolute atomic E-state index is 11.1. The summed E-state index contributed by atoms with van der Waals surface area (Å²) in [6.45, 7) is 1.86. The molecule has 0 unspecified atom stereocenters. The lowest BCUT2D eigenvalue weighted by atomic mass is 10.3. The van der Waals surface area contributed by atoms with Crippen LogP contribution in [-0.2, 0) is 14.6 Å². The monoisotopic (exact) mass is 230 g/mol. The van der Waals surface area contributed by atoms with Gasteiger partial charge in [-0.3, -0.25) is 0 Å². The van der Waals surface area contributed by atoms with Crippen molar-refractivity contribution in [3.8, 4) is 0 Å². The normalized spacial score (nSPS) is 13.8. The molecule has 1 rings (SSSR count). The van der Waals surface area contributed by atoms with Gasteiger partial charge in [-0.25, -0.2) is 18.4 Å². The first-order chi connectivity index (χ1) is 6.92. The van der Waals surface area contributed by atoms with Gasteiger partial charge in [0.1, 0.15) is 15.9 Å². The second kappa shape index (κ2) is 4.67. The highest BCUT2D eigenvalue weighted by Gasteiger charge is 2.19. The Balaban J connectivity index is 2.88. The molecule has 0 aliphatic heterocycles. The van der Waals surface area contributed by atoms with Gasteiger partial charge in [0, 0.05) is 25.8 Å². The fraction of sp³-hybridized carbons (Fsp3) is 0.556. The van der Waals surface area contributed by atoms with Gasteiger partial charge in [0.2, 0.25) is 0 Å². The van der Waals surface area contributed by atoms with Gasteiger partial charge in [-0.2, -0.15) is 0 Å². The molecule has 0 saturated heterocycles. The van der Waals surface area contributed by atoms with Crippen LogP contribution in [0.15, 0.2) is 12.4 Å². The predicted molar refractivity (Wildman–Crippen MR) is 56.2 cm³/mol. The third-order valence-corrected chi connectivity index (χ3v) is 2.74. The fourth-order valence-corrected chi connectivity index (χ4v) is 1.93. The summed E-state index contributed by atoms with van der Waals surface area (Å²) in [5, 5.41) is 0. The lowest BCUT2D eigenvalue weighted by Crippen LogP contribution is -2.17. The molecule has 0 aliphatic rings. The molecule has 1 aromatic rings. The van der Waals surface area contributed by atoms with Crippen molar-refractivity contribution >= 4 is 9.84 Å². The summed E-state index contributed by atoms with van der Waals surface area (Å²) in [4.78, 5) is 8.07.